The van der Waals surface area contributed by atoms with E-state index in [-0.39, 0.29) is 18.4 Å². The van der Waals surface area contributed by atoms with Gasteiger partial charge in [-0.3, -0.25) is 4.79 Å². The molecule has 1 amide bonds. The minimum atomic E-state index is -0.841. The summed E-state index contributed by atoms with van der Waals surface area (Å²) in [5, 5.41) is 12.6. The zero-order valence-corrected chi connectivity index (χ0v) is 12.1. The molecule has 2 N–H and O–H groups in total. The number of carbonyl (C=O) groups excluding carboxylic acids is 1. The van der Waals surface area contributed by atoms with Crippen LogP contribution in [0.5, 0.6) is 5.75 Å². The van der Waals surface area contributed by atoms with Crippen LogP contribution in [-0.2, 0) is 4.79 Å². The second kappa shape index (κ2) is 6.95. The lowest BCUT2D eigenvalue weighted by Gasteiger charge is -2.15. The predicted molar refractivity (Wildman–Crippen MR) is 78.1 cm³/mol. The van der Waals surface area contributed by atoms with E-state index in [0.29, 0.717) is 5.76 Å². The van der Waals surface area contributed by atoms with Crippen molar-refractivity contribution in [3.8, 4) is 5.75 Å². The van der Waals surface area contributed by atoms with Crippen molar-refractivity contribution in [2.24, 2.45) is 0 Å². The molecule has 1 aromatic heterocycles. The van der Waals surface area contributed by atoms with Gasteiger partial charge in [0.15, 0.2) is 0 Å². The van der Waals surface area contributed by atoms with Crippen molar-refractivity contribution < 1.29 is 19.1 Å². The molecule has 0 aliphatic heterocycles. The van der Waals surface area contributed by atoms with Crippen LogP contribution in [-0.4, -0.2) is 24.7 Å². The van der Waals surface area contributed by atoms with Crippen LogP contribution in [0.4, 0.5) is 0 Å². The molecule has 1 aromatic carbocycles. The van der Waals surface area contributed by atoms with E-state index in [2.05, 4.69) is 5.32 Å². The molecule has 0 aliphatic carbocycles. The molecular weight excluding hydrogens is 270 g/mol. The summed E-state index contributed by atoms with van der Waals surface area (Å²) in [6.45, 7) is 1.93. The molecule has 0 fully saturated rings. The van der Waals surface area contributed by atoms with Crippen LogP contribution in [0.1, 0.15) is 30.3 Å². The highest BCUT2D eigenvalue weighted by molar-refractivity contribution is 5.83. The van der Waals surface area contributed by atoms with E-state index in [1.807, 2.05) is 31.2 Å². The van der Waals surface area contributed by atoms with Crippen molar-refractivity contribution in [2.45, 2.75) is 18.9 Å². The van der Waals surface area contributed by atoms with Gasteiger partial charge < -0.3 is 19.6 Å². The molecule has 5 heteroatoms. The Labute approximate surface area is 123 Å². The number of nitrogens with one attached hydrogen (secondary N) is 1. The lowest BCUT2D eigenvalue weighted by molar-refractivity contribution is -0.122. The summed E-state index contributed by atoms with van der Waals surface area (Å²) < 4.78 is 10.2. The highest BCUT2D eigenvalue weighted by Gasteiger charge is 2.17. The molecular formula is C16H19NO4. The van der Waals surface area contributed by atoms with Gasteiger partial charge >= 0.3 is 0 Å². The number of amides is 1. The van der Waals surface area contributed by atoms with Crippen LogP contribution in [0.3, 0.4) is 0 Å². The lowest BCUT2D eigenvalue weighted by Crippen LogP contribution is -2.31. The Morgan fingerprint density at radius 3 is 2.62 bits per heavy atom. The third-order valence-corrected chi connectivity index (χ3v) is 3.35. The van der Waals surface area contributed by atoms with Gasteiger partial charge in [-0.25, -0.2) is 0 Å². The number of methoxy groups -OCH3 is 1. The van der Waals surface area contributed by atoms with Crippen molar-refractivity contribution in [1.82, 2.24) is 5.32 Å². The average Bonchev–Trinajstić information content (AvgIpc) is 3.06. The normalized spacial score (nSPS) is 13.5. The van der Waals surface area contributed by atoms with Gasteiger partial charge in [0.1, 0.15) is 17.6 Å². The smallest absolute Gasteiger partial charge is 0.227 e. The van der Waals surface area contributed by atoms with E-state index in [1.54, 1.807) is 19.2 Å². The minimum Gasteiger partial charge on any atom is -0.497 e. The van der Waals surface area contributed by atoms with E-state index >= 15 is 0 Å². The van der Waals surface area contributed by atoms with Crippen molar-refractivity contribution >= 4 is 5.91 Å². The second-order valence-corrected chi connectivity index (χ2v) is 4.77. The maximum absolute atomic E-state index is 12.1. The summed E-state index contributed by atoms with van der Waals surface area (Å²) in [5.74, 6) is 0.734. The molecule has 2 rings (SSSR count). The third kappa shape index (κ3) is 3.86. The molecule has 0 radical (unpaired) electrons. The molecule has 0 saturated carbocycles. The van der Waals surface area contributed by atoms with Gasteiger partial charge in [-0.05, 0) is 36.8 Å². The fourth-order valence-corrected chi connectivity index (χ4v) is 1.98. The van der Waals surface area contributed by atoms with E-state index in [9.17, 15) is 9.90 Å². The van der Waals surface area contributed by atoms with Gasteiger partial charge in [-0.1, -0.05) is 12.1 Å². The number of aliphatic hydroxyl groups is 1. The summed E-state index contributed by atoms with van der Waals surface area (Å²) >= 11 is 0. The lowest BCUT2D eigenvalue weighted by atomic mass is 10.0. The maximum atomic E-state index is 12.1. The average molecular weight is 289 g/mol. The highest BCUT2D eigenvalue weighted by Crippen LogP contribution is 2.19. The predicted octanol–water partition coefficient (Wildman–Crippen LogP) is 2.24. The van der Waals surface area contributed by atoms with Gasteiger partial charge in [-0.2, -0.15) is 0 Å². The number of hydrogen-bond acceptors (Lipinski definition) is 4. The van der Waals surface area contributed by atoms with Gasteiger partial charge in [0.25, 0.3) is 0 Å². The van der Waals surface area contributed by atoms with Gasteiger partial charge in [0, 0.05) is 0 Å². The highest BCUT2D eigenvalue weighted by atomic mass is 16.5. The van der Waals surface area contributed by atoms with Crippen LogP contribution in [0.15, 0.2) is 47.1 Å². The van der Waals surface area contributed by atoms with Crippen molar-refractivity contribution in [3.63, 3.8) is 0 Å². The first-order valence-corrected chi connectivity index (χ1v) is 6.75. The Balaban J connectivity index is 1.90. The Hall–Kier alpha value is -2.27. The molecule has 0 bridgehead atoms. The fraction of sp³-hybridized carbons (Fsp3) is 0.312. The number of hydrogen-bond donors (Lipinski definition) is 2. The standard InChI is InChI=1S/C16H19NO4/c1-11(12-5-7-13(20-2)8-6-12)16(19)17-10-14(18)15-4-3-9-21-15/h3-9,11,14,18H,10H2,1-2H3,(H,17,19). The molecule has 2 aromatic rings. The number of benzene rings is 1. The second-order valence-electron chi connectivity index (χ2n) is 4.77. The summed E-state index contributed by atoms with van der Waals surface area (Å²) in [6, 6.07) is 10.7. The molecule has 5 nitrogen and oxygen atoms in total. The molecule has 2 atom stereocenters. The number of ether oxygens (including phenoxy) is 1. The van der Waals surface area contributed by atoms with E-state index in [1.165, 1.54) is 6.26 Å². The monoisotopic (exact) mass is 289 g/mol. The zero-order chi connectivity index (χ0) is 15.2. The zero-order valence-electron chi connectivity index (χ0n) is 12.1. The third-order valence-electron chi connectivity index (χ3n) is 3.35. The van der Waals surface area contributed by atoms with Crippen LogP contribution in [0, 0.1) is 0 Å². The number of rotatable bonds is 6. The van der Waals surface area contributed by atoms with Crippen molar-refractivity contribution in [1.29, 1.82) is 0 Å². The van der Waals surface area contributed by atoms with Crippen LogP contribution >= 0.6 is 0 Å². The summed E-state index contributed by atoms with van der Waals surface area (Å²) in [4.78, 5) is 12.1. The Morgan fingerprint density at radius 1 is 1.33 bits per heavy atom. The minimum absolute atomic E-state index is 0.118. The molecule has 2 unspecified atom stereocenters. The summed E-state index contributed by atoms with van der Waals surface area (Å²) in [5.41, 5.74) is 0.890. The van der Waals surface area contributed by atoms with Gasteiger partial charge in [0.05, 0.1) is 25.8 Å². The maximum Gasteiger partial charge on any atom is 0.227 e. The topological polar surface area (TPSA) is 71.7 Å². The first kappa shape index (κ1) is 15.1. The first-order chi connectivity index (χ1) is 10.1. The fourth-order valence-electron chi connectivity index (χ4n) is 1.98. The van der Waals surface area contributed by atoms with Crippen molar-refractivity contribution in [2.75, 3.05) is 13.7 Å². The van der Waals surface area contributed by atoms with Gasteiger partial charge in [0.2, 0.25) is 5.91 Å². The molecule has 1 heterocycles. The number of aliphatic hydroxyl groups excluding tert-OH is 1. The number of carbonyl (C=O) groups is 1. The van der Waals surface area contributed by atoms with Crippen molar-refractivity contribution in [3.05, 3.63) is 54.0 Å². The van der Waals surface area contributed by atoms with Gasteiger partial charge in [-0.15, -0.1) is 0 Å². The summed E-state index contributed by atoms with van der Waals surface area (Å²) in [7, 11) is 1.60. The Morgan fingerprint density at radius 2 is 2.05 bits per heavy atom. The van der Waals surface area contributed by atoms with E-state index in [0.717, 1.165) is 11.3 Å². The quantitative estimate of drug-likeness (QED) is 0.855. The molecule has 21 heavy (non-hydrogen) atoms. The number of furan rings is 1. The molecule has 0 saturated heterocycles. The Bertz CT molecular complexity index is 562. The Kier molecular flexibility index (Phi) is 5.00. The largest absolute Gasteiger partial charge is 0.497 e. The van der Waals surface area contributed by atoms with E-state index < -0.39 is 6.10 Å². The molecule has 0 spiro atoms. The van der Waals surface area contributed by atoms with E-state index in [4.69, 9.17) is 9.15 Å². The van der Waals surface area contributed by atoms with Crippen LogP contribution in [0.2, 0.25) is 0 Å². The van der Waals surface area contributed by atoms with Crippen LogP contribution < -0.4 is 10.1 Å². The molecule has 112 valence electrons. The SMILES string of the molecule is COc1ccc(C(C)C(=O)NCC(O)c2ccco2)cc1. The molecule has 0 aliphatic rings. The van der Waals surface area contributed by atoms with Crippen LogP contribution in [0.25, 0.3) is 0 Å². The first-order valence-electron chi connectivity index (χ1n) is 6.75. The summed E-state index contributed by atoms with van der Waals surface area (Å²) in [6.07, 6.45) is 0.646.